The second-order valence-electron chi connectivity index (χ2n) is 6.21. The number of carbonyl (C=O) groups is 1. The second-order valence-corrected chi connectivity index (χ2v) is 6.21. The Morgan fingerprint density at radius 3 is 3.09 bits per heavy atom. The molecule has 1 fully saturated rings. The monoisotopic (exact) mass is 300 g/mol. The molecule has 3 heterocycles. The molecule has 116 valence electrons. The average Bonchev–Trinajstić information content (AvgIpc) is 3.24. The molecule has 0 spiro atoms. The van der Waals surface area contributed by atoms with Gasteiger partial charge in [0.25, 0.3) is 5.91 Å². The summed E-state index contributed by atoms with van der Waals surface area (Å²) in [6, 6.07) is 0. The molecular weight excluding hydrogens is 280 g/mol. The molecule has 0 saturated carbocycles. The zero-order valence-electron chi connectivity index (χ0n) is 12.5. The number of aryl methyl sites for hydroxylation is 1. The Kier molecular flexibility index (Phi) is 3.44. The summed E-state index contributed by atoms with van der Waals surface area (Å²) in [5.74, 6) is 1.71. The third kappa shape index (κ3) is 2.32. The fourth-order valence-electron chi connectivity index (χ4n) is 3.59. The van der Waals surface area contributed by atoms with E-state index >= 15 is 0 Å². The summed E-state index contributed by atoms with van der Waals surface area (Å²) in [5.41, 5.74) is 2.02. The lowest BCUT2D eigenvalue weighted by atomic mass is 9.94. The van der Waals surface area contributed by atoms with Crippen LogP contribution in [0.3, 0.4) is 0 Å². The summed E-state index contributed by atoms with van der Waals surface area (Å²) in [5, 5.41) is 4.10. The Labute approximate surface area is 128 Å². The summed E-state index contributed by atoms with van der Waals surface area (Å²) in [6.07, 6.45) is 9.75. The zero-order valence-corrected chi connectivity index (χ0v) is 12.5. The molecule has 2 aliphatic rings. The first-order valence-electron chi connectivity index (χ1n) is 8.09. The molecule has 22 heavy (non-hydrogen) atoms. The van der Waals surface area contributed by atoms with Gasteiger partial charge in [0.15, 0.2) is 0 Å². The first-order chi connectivity index (χ1) is 10.8. The van der Waals surface area contributed by atoms with Gasteiger partial charge in [-0.3, -0.25) is 4.79 Å². The van der Waals surface area contributed by atoms with Gasteiger partial charge in [-0.2, -0.15) is 0 Å². The lowest BCUT2D eigenvalue weighted by Crippen LogP contribution is -2.39. The Bertz CT molecular complexity index is 662. The summed E-state index contributed by atoms with van der Waals surface area (Å²) in [7, 11) is 0. The molecule has 2 aromatic rings. The molecule has 1 N–H and O–H groups in total. The van der Waals surface area contributed by atoms with Crippen molar-refractivity contribution in [2.24, 2.45) is 0 Å². The van der Waals surface area contributed by atoms with Gasteiger partial charge in [-0.1, -0.05) is 5.16 Å². The van der Waals surface area contributed by atoms with Gasteiger partial charge >= 0.3 is 0 Å². The van der Waals surface area contributed by atoms with Gasteiger partial charge in [-0.15, -0.1) is 0 Å². The number of piperidine rings is 1. The van der Waals surface area contributed by atoms with Crippen molar-refractivity contribution in [3.8, 4) is 0 Å². The number of hydrogen-bond donors (Lipinski definition) is 1. The average molecular weight is 300 g/mol. The van der Waals surface area contributed by atoms with E-state index in [0.717, 1.165) is 62.2 Å². The van der Waals surface area contributed by atoms with E-state index in [2.05, 4.69) is 15.1 Å². The quantitative estimate of drug-likeness (QED) is 0.923. The Balaban J connectivity index is 1.54. The molecule has 4 rings (SSSR count). The van der Waals surface area contributed by atoms with E-state index in [1.165, 1.54) is 0 Å². The minimum atomic E-state index is -0.00749. The van der Waals surface area contributed by atoms with Crippen molar-refractivity contribution in [1.82, 2.24) is 20.0 Å². The van der Waals surface area contributed by atoms with Gasteiger partial charge in [0, 0.05) is 37.0 Å². The van der Waals surface area contributed by atoms with Crippen molar-refractivity contribution < 1.29 is 9.32 Å². The highest BCUT2D eigenvalue weighted by Crippen LogP contribution is 2.28. The van der Waals surface area contributed by atoms with Crippen molar-refractivity contribution in [1.29, 1.82) is 0 Å². The summed E-state index contributed by atoms with van der Waals surface area (Å²) < 4.78 is 5.39. The maximum Gasteiger partial charge on any atom is 0.292 e. The highest BCUT2D eigenvalue weighted by Gasteiger charge is 2.31. The minimum absolute atomic E-state index is 0.00749. The molecule has 1 aliphatic carbocycles. The van der Waals surface area contributed by atoms with Gasteiger partial charge in [0.1, 0.15) is 5.82 Å². The van der Waals surface area contributed by atoms with Crippen LogP contribution < -0.4 is 0 Å². The van der Waals surface area contributed by atoms with Crippen LogP contribution in [0, 0.1) is 0 Å². The molecule has 1 atom stereocenters. The van der Waals surface area contributed by atoms with Crippen molar-refractivity contribution in [2.75, 3.05) is 13.1 Å². The molecule has 1 amide bonds. The first kappa shape index (κ1) is 13.5. The largest absolute Gasteiger partial charge is 0.350 e. The van der Waals surface area contributed by atoms with Crippen LogP contribution in [-0.4, -0.2) is 39.0 Å². The smallest absolute Gasteiger partial charge is 0.292 e. The van der Waals surface area contributed by atoms with Crippen LogP contribution >= 0.6 is 0 Å². The number of rotatable bonds is 2. The van der Waals surface area contributed by atoms with E-state index in [-0.39, 0.29) is 11.8 Å². The van der Waals surface area contributed by atoms with Crippen molar-refractivity contribution in [2.45, 2.75) is 44.4 Å². The van der Waals surface area contributed by atoms with Gasteiger partial charge in [0.2, 0.25) is 5.76 Å². The van der Waals surface area contributed by atoms with E-state index in [9.17, 15) is 4.79 Å². The maximum atomic E-state index is 12.8. The van der Waals surface area contributed by atoms with Crippen LogP contribution in [-0.2, 0) is 12.8 Å². The number of aromatic amines is 1. The number of fused-ring (bicyclic) bond motifs is 1. The fraction of sp³-hybridized carbons (Fsp3) is 0.562. The number of likely N-dealkylation sites (tertiary alicyclic amines) is 1. The second kappa shape index (κ2) is 5.59. The third-order valence-electron chi connectivity index (χ3n) is 4.77. The lowest BCUT2D eigenvalue weighted by Gasteiger charge is -2.31. The van der Waals surface area contributed by atoms with Crippen LogP contribution in [0.5, 0.6) is 0 Å². The zero-order chi connectivity index (χ0) is 14.9. The van der Waals surface area contributed by atoms with Gasteiger partial charge in [-0.25, -0.2) is 4.98 Å². The van der Waals surface area contributed by atoms with Crippen molar-refractivity contribution in [3.63, 3.8) is 0 Å². The highest BCUT2D eigenvalue weighted by molar-refractivity contribution is 5.93. The van der Waals surface area contributed by atoms with Crippen LogP contribution in [0.25, 0.3) is 0 Å². The van der Waals surface area contributed by atoms with Crippen LogP contribution in [0.4, 0.5) is 0 Å². The Morgan fingerprint density at radius 2 is 2.23 bits per heavy atom. The molecule has 1 aliphatic heterocycles. The normalized spacial score (nSPS) is 21.6. The number of nitrogens with zero attached hydrogens (tertiary/aromatic N) is 3. The standard InChI is InChI=1S/C16H20N4O2/c21-16(14-12-5-1-2-6-13(12)19-22-14)20-9-3-4-11(10-20)15-17-7-8-18-15/h7-8,11H,1-6,9-10H2,(H,17,18)/t11-/m0/s1. The van der Waals surface area contributed by atoms with Gasteiger partial charge in [-0.05, 0) is 38.5 Å². The number of amides is 1. The topological polar surface area (TPSA) is 75.0 Å². The number of carbonyl (C=O) groups excluding carboxylic acids is 1. The van der Waals surface area contributed by atoms with E-state index in [1.54, 1.807) is 6.20 Å². The van der Waals surface area contributed by atoms with Crippen LogP contribution in [0.2, 0.25) is 0 Å². The van der Waals surface area contributed by atoms with Crippen molar-refractivity contribution >= 4 is 5.91 Å². The predicted octanol–water partition coefficient (Wildman–Crippen LogP) is 2.30. The number of nitrogens with one attached hydrogen (secondary N) is 1. The number of aromatic nitrogens is 3. The minimum Gasteiger partial charge on any atom is -0.350 e. The predicted molar refractivity (Wildman–Crippen MR) is 79.6 cm³/mol. The SMILES string of the molecule is O=C(c1onc2c1CCCC2)N1CCC[C@H](c2ncc[nH]2)C1. The number of H-pyrrole nitrogens is 1. The molecule has 6 nitrogen and oxygen atoms in total. The molecule has 0 aromatic carbocycles. The number of hydrogen-bond acceptors (Lipinski definition) is 4. The van der Waals surface area contributed by atoms with E-state index in [1.807, 2.05) is 11.1 Å². The maximum absolute atomic E-state index is 12.8. The summed E-state index contributed by atoms with van der Waals surface area (Å²) in [6.45, 7) is 1.48. The Hall–Kier alpha value is -2.11. The molecule has 0 radical (unpaired) electrons. The molecule has 0 unspecified atom stereocenters. The van der Waals surface area contributed by atoms with E-state index in [4.69, 9.17) is 4.52 Å². The Morgan fingerprint density at radius 1 is 1.32 bits per heavy atom. The third-order valence-corrected chi connectivity index (χ3v) is 4.77. The molecule has 0 bridgehead atoms. The number of imidazole rings is 1. The summed E-state index contributed by atoms with van der Waals surface area (Å²) >= 11 is 0. The highest BCUT2D eigenvalue weighted by atomic mass is 16.5. The van der Waals surface area contributed by atoms with Crippen LogP contribution in [0.15, 0.2) is 16.9 Å². The molecule has 6 heteroatoms. The first-order valence-corrected chi connectivity index (χ1v) is 8.09. The fourth-order valence-corrected chi connectivity index (χ4v) is 3.59. The van der Waals surface area contributed by atoms with Gasteiger partial charge in [0.05, 0.1) is 5.69 Å². The molecule has 1 saturated heterocycles. The van der Waals surface area contributed by atoms with Crippen LogP contribution in [0.1, 0.15) is 59.2 Å². The molecule has 2 aromatic heterocycles. The van der Waals surface area contributed by atoms with E-state index in [0.29, 0.717) is 12.3 Å². The summed E-state index contributed by atoms with van der Waals surface area (Å²) in [4.78, 5) is 22.2. The lowest BCUT2D eigenvalue weighted by molar-refractivity contribution is 0.0661. The van der Waals surface area contributed by atoms with E-state index < -0.39 is 0 Å². The van der Waals surface area contributed by atoms with Crippen molar-refractivity contribution in [3.05, 3.63) is 35.2 Å². The van der Waals surface area contributed by atoms with Gasteiger partial charge < -0.3 is 14.4 Å². The molecular formula is C16H20N4O2.